The van der Waals surface area contributed by atoms with Crippen molar-refractivity contribution >= 4 is 17.5 Å². The van der Waals surface area contributed by atoms with Crippen LogP contribution in [0.2, 0.25) is 0 Å². The van der Waals surface area contributed by atoms with Crippen molar-refractivity contribution in [3.63, 3.8) is 0 Å². The van der Waals surface area contributed by atoms with Crippen molar-refractivity contribution in [2.45, 2.75) is 6.92 Å². The van der Waals surface area contributed by atoms with Gasteiger partial charge in [-0.25, -0.2) is 0 Å². The second kappa shape index (κ2) is 8.57. The molecule has 2 aromatic rings. The van der Waals surface area contributed by atoms with Crippen LogP contribution in [0.4, 0.5) is 5.69 Å². The van der Waals surface area contributed by atoms with Gasteiger partial charge in [-0.3, -0.25) is 9.59 Å². The summed E-state index contributed by atoms with van der Waals surface area (Å²) in [6, 6.07) is 13.7. The van der Waals surface area contributed by atoms with Gasteiger partial charge in [-0.2, -0.15) is 0 Å². The van der Waals surface area contributed by atoms with E-state index in [4.69, 9.17) is 9.47 Å². The summed E-state index contributed by atoms with van der Waals surface area (Å²) in [7, 11) is 1.58. The highest BCUT2D eigenvalue weighted by molar-refractivity contribution is 5.97. The SMILES string of the molecule is CCNC(=O)c1cccc(NC(=O)COc2ccc(OC)cc2)c1. The fourth-order valence-electron chi connectivity index (χ4n) is 2.02. The number of benzene rings is 2. The van der Waals surface area contributed by atoms with Crippen LogP contribution >= 0.6 is 0 Å². The summed E-state index contributed by atoms with van der Waals surface area (Å²) in [5.74, 6) is 0.804. The molecule has 6 heteroatoms. The molecule has 0 fully saturated rings. The lowest BCUT2D eigenvalue weighted by Crippen LogP contribution is -2.23. The molecule has 0 saturated heterocycles. The van der Waals surface area contributed by atoms with E-state index in [9.17, 15) is 9.59 Å². The first-order valence-corrected chi connectivity index (χ1v) is 7.57. The number of amides is 2. The van der Waals surface area contributed by atoms with Gasteiger partial charge in [0.1, 0.15) is 11.5 Å². The molecule has 0 aliphatic carbocycles. The van der Waals surface area contributed by atoms with Gasteiger partial charge in [-0.05, 0) is 49.4 Å². The van der Waals surface area contributed by atoms with Gasteiger partial charge in [-0.15, -0.1) is 0 Å². The summed E-state index contributed by atoms with van der Waals surface area (Å²) >= 11 is 0. The van der Waals surface area contributed by atoms with Crippen LogP contribution in [0.3, 0.4) is 0 Å². The second-order valence-corrected chi connectivity index (χ2v) is 4.95. The second-order valence-electron chi connectivity index (χ2n) is 4.95. The monoisotopic (exact) mass is 328 g/mol. The quantitative estimate of drug-likeness (QED) is 0.818. The molecule has 0 radical (unpaired) electrons. The number of methoxy groups -OCH3 is 1. The molecule has 0 aromatic heterocycles. The lowest BCUT2D eigenvalue weighted by atomic mass is 10.2. The molecule has 2 amide bonds. The molecule has 0 saturated carbocycles. The van der Waals surface area contributed by atoms with Gasteiger partial charge >= 0.3 is 0 Å². The van der Waals surface area contributed by atoms with Gasteiger partial charge in [0.2, 0.25) is 0 Å². The number of nitrogens with one attached hydrogen (secondary N) is 2. The highest BCUT2D eigenvalue weighted by atomic mass is 16.5. The van der Waals surface area contributed by atoms with Crippen LogP contribution in [0.1, 0.15) is 17.3 Å². The van der Waals surface area contributed by atoms with Gasteiger partial charge < -0.3 is 20.1 Å². The molecule has 2 N–H and O–H groups in total. The molecule has 126 valence electrons. The predicted octanol–water partition coefficient (Wildman–Crippen LogP) is 2.46. The highest BCUT2D eigenvalue weighted by Crippen LogP contribution is 2.17. The summed E-state index contributed by atoms with van der Waals surface area (Å²) in [6.45, 7) is 2.27. The molecule has 0 aliphatic heterocycles. The number of carbonyl (C=O) groups excluding carboxylic acids is 2. The molecule has 0 heterocycles. The maximum atomic E-state index is 12.0. The zero-order valence-electron chi connectivity index (χ0n) is 13.7. The minimum atomic E-state index is -0.307. The third-order valence-corrected chi connectivity index (χ3v) is 3.18. The Balaban J connectivity index is 1.89. The van der Waals surface area contributed by atoms with Crippen LogP contribution in [0.15, 0.2) is 48.5 Å². The minimum absolute atomic E-state index is 0.127. The Labute approximate surface area is 140 Å². The van der Waals surface area contributed by atoms with Crippen LogP contribution in [-0.2, 0) is 4.79 Å². The maximum Gasteiger partial charge on any atom is 0.262 e. The molecule has 0 atom stereocenters. The zero-order valence-corrected chi connectivity index (χ0v) is 13.7. The average Bonchev–Trinajstić information content (AvgIpc) is 2.61. The van der Waals surface area contributed by atoms with Crippen LogP contribution in [0, 0.1) is 0 Å². The average molecular weight is 328 g/mol. The lowest BCUT2D eigenvalue weighted by Gasteiger charge is -2.09. The molecule has 0 unspecified atom stereocenters. The van der Waals surface area contributed by atoms with Crippen molar-refractivity contribution in [2.24, 2.45) is 0 Å². The molecule has 0 aliphatic rings. The topological polar surface area (TPSA) is 76.7 Å². The Morgan fingerprint density at radius 2 is 1.75 bits per heavy atom. The standard InChI is InChI=1S/C18H20N2O4/c1-3-19-18(22)13-5-4-6-14(11-13)20-17(21)12-24-16-9-7-15(23-2)8-10-16/h4-11H,3,12H2,1-2H3,(H,19,22)(H,20,21). The highest BCUT2D eigenvalue weighted by Gasteiger charge is 2.08. The molecule has 0 bridgehead atoms. The maximum absolute atomic E-state index is 12.0. The van der Waals surface area contributed by atoms with Gasteiger partial charge in [0.05, 0.1) is 7.11 Å². The fraction of sp³-hybridized carbons (Fsp3) is 0.222. The van der Waals surface area contributed by atoms with Crippen molar-refractivity contribution < 1.29 is 19.1 Å². The Morgan fingerprint density at radius 1 is 1.04 bits per heavy atom. The number of anilines is 1. The van der Waals surface area contributed by atoms with E-state index in [-0.39, 0.29) is 18.4 Å². The van der Waals surface area contributed by atoms with Crippen molar-refractivity contribution in [1.29, 1.82) is 0 Å². The van der Waals surface area contributed by atoms with Crippen LogP contribution in [-0.4, -0.2) is 32.1 Å². The van der Waals surface area contributed by atoms with E-state index < -0.39 is 0 Å². The molecule has 0 spiro atoms. The summed E-state index contributed by atoms with van der Waals surface area (Å²) in [5, 5.41) is 5.42. The van der Waals surface area contributed by atoms with Crippen molar-refractivity contribution in [1.82, 2.24) is 5.32 Å². The van der Waals surface area contributed by atoms with E-state index in [2.05, 4.69) is 10.6 Å². The Kier molecular flexibility index (Phi) is 6.19. The predicted molar refractivity (Wildman–Crippen MR) is 91.6 cm³/mol. The van der Waals surface area contributed by atoms with E-state index in [1.807, 2.05) is 6.92 Å². The smallest absolute Gasteiger partial charge is 0.262 e. The lowest BCUT2D eigenvalue weighted by molar-refractivity contribution is -0.118. The first kappa shape index (κ1) is 17.3. The number of hydrogen-bond acceptors (Lipinski definition) is 4. The largest absolute Gasteiger partial charge is 0.497 e. The molecular weight excluding hydrogens is 308 g/mol. The fourth-order valence-corrected chi connectivity index (χ4v) is 2.02. The summed E-state index contributed by atoms with van der Waals surface area (Å²) in [5.41, 5.74) is 1.04. The third-order valence-electron chi connectivity index (χ3n) is 3.18. The number of carbonyl (C=O) groups is 2. The molecule has 6 nitrogen and oxygen atoms in total. The van der Waals surface area contributed by atoms with Crippen LogP contribution in [0.25, 0.3) is 0 Å². The Hall–Kier alpha value is -3.02. The van der Waals surface area contributed by atoms with E-state index in [0.717, 1.165) is 0 Å². The van der Waals surface area contributed by atoms with E-state index in [1.165, 1.54) is 0 Å². The molecule has 2 rings (SSSR count). The number of ether oxygens (including phenoxy) is 2. The number of rotatable bonds is 7. The van der Waals surface area contributed by atoms with E-state index >= 15 is 0 Å². The molecule has 2 aromatic carbocycles. The zero-order chi connectivity index (χ0) is 17.4. The Bertz CT molecular complexity index is 698. The Morgan fingerprint density at radius 3 is 2.42 bits per heavy atom. The van der Waals surface area contributed by atoms with Crippen molar-refractivity contribution in [3.05, 3.63) is 54.1 Å². The minimum Gasteiger partial charge on any atom is -0.497 e. The molecular formula is C18H20N2O4. The summed E-state index contributed by atoms with van der Waals surface area (Å²) < 4.78 is 10.5. The van der Waals surface area contributed by atoms with Gasteiger partial charge in [0, 0.05) is 17.8 Å². The normalized spacial score (nSPS) is 9.92. The van der Waals surface area contributed by atoms with Crippen LogP contribution in [0.5, 0.6) is 11.5 Å². The van der Waals surface area contributed by atoms with Crippen molar-refractivity contribution in [2.75, 3.05) is 25.6 Å². The number of hydrogen-bond donors (Lipinski definition) is 2. The summed E-state index contributed by atoms with van der Waals surface area (Å²) in [4.78, 5) is 23.7. The third kappa shape index (κ3) is 5.01. The summed E-state index contributed by atoms with van der Waals surface area (Å²) in [6.07, 6.45) is 0. The van der Waals surface area contributed by atoms with E-state index in [1.54, 1.807) is 55.6 Å². The molecule has 24 heavy (non-hydrogen) atoms. The van der Waals surface area contributed by atoms with E-state index in [0.29, 0.717) is 29.3 Å². The first-order valence-electron chi connectivity index (χ1n) is 7.57. The van der Waals surface area contributed by atoms with Gasteiger partial charge in [0.25, 0.3) is 11.8 Å². The van der Waals surface area contributed by atoms with Gasteiger partial charge in [-0.1, -0.05) is 6.07 Å². The first-order chi connectivity index (χ1) is 11.6. The van der Waals surface area contributed by atoms with Crippen LogP contribution < -0.4 is 20.1 Å². The van der Waals surface area contributed by atoms with Gasteiger partial charge in [0.15, 0.2) is 6.61 Å². The van der Waals surface area contributed by atoms with Crippen molar-refractivity contribution in [3.8, 4) is 11.5 Å².